The Hall–Kier alpha value is -1.68. The quantitative estimate of drug-likeness (QED) is 0.585. The van der Waals surface area contributed by atoms with Gasteiger partial charge in [-0.1, -0.05) is 24.3 Å². The second-order valence-electron chi connectivity index (χ2n) is 5.17. The zero-order valence-corrected chi connectivity index (χ0v) is 19.3. The van der Waals surface area contributed by atoms with Crippen molar-refractivity contribution in [3.05, 3.63) is 69.8 Å². The van der Waals surface area contributed by atoms with E-state index in [1.165, 1.54) is 0 Å². The molecule has 0 amide bonds. The zero-order valence-electron chi connectivity index (χ0n) is 13.8. The van der Waals surface area contributed by atoms with Gasteiger partial charge in [-0.25, -0.2) is 0 Å². The van der Waals surface area contributed by atoms with Crippen LogP contribution in [0, 0.1) is 27.7 Å². The molecule has 0 saturated heterocycles. The fourth-order valence-electron chi connectivity index (χ4n) is 1.74. The van der Waals surface area contributed by atoms with E-state index in [1.807, 2.05) is 27.7 Å². The molecule has 0 aromatic heterocycles. The summed E-state index contributed by atoms with van der Waals surface area (Å²) in [5.41, 5.74) is 4.63. The summed E-state index contributed by atoms with van der Waals surface area (Å²) in [6, 6.07) is 9.89. The largest absolute Gasteiger partial charge is 2.00 e. The van der Waals surface area contributed by atoms with Gasteiger partial charge in [0.25, 0.3) is 0 Å². The number of rotatable bonds is 2. The minimum Gasteiger partial charge on any atom is -0.545 e. The Labute approximate surface area is 156 Å². The summed E-state index contributed by atoms with van der Waals surface area (Å²) in [5, 5.41) is 20.7. The Morgan fingerprint density at radius 3 is 1.17 bits per heavy atom. The van der Waals surface area contributed by atoms with Gasteiger partial charge in [0.2, 0.25) is 0 Å². The van der Waals surface area contributed by atoms with Gasteiger partial charge in [0.15, 0.2) is 0 Å². The number of carboxylic acids is 2. The second kappa shape index (κ2) is 9.45. The molecule has 0 aliphatic rings. The molecule has 0 unspecified atom stereocenters. The van der Waals surface area contributed by atoms with Crippen LogP contribution in [0.4, 0.5) is 0 Å². The van der Waals surface area contributed by atoms with Gasteiger partial charge < -0.3 is 19.8 Å². The summed E-state index contributed by atoms with van der Waals surface area (Å²) in [7, 11) is 0. The Morgan fingerprint density at radius 1 is 0.652 bits per heavy atom. The maximum absolute atomic E-state index is 10.4. The van der Waals surface area contributed by atoms with Gasteiger partial charge in [-0.3, -0.25) is 0 Å². The molecule has 4 nitrogen and oxygen atoms in total. The molecule has 2 aromatic rings. The molecule has 0 heterocycles. The van der Waals surface area contributed by atoms with Crippen molar-refractivity contribution in [2.45, 2.75) is 27.7 Å². The number of carboxylic acid groups (broad SMARTS) is 2. The van der Waals surface area contributed by atoms with Crippen molar-refractivity contribution in [3.8, 4) is 0 Å². The van der Waals surface area contributed by atoms with E-state index >= 15 is 0 Å². The van der Waals surface area contributed by atoms with Crippen LogP contribution in [-0.2, 0) is 27.7 Å². The monoisotopic (exact) mass is 500 g/mol. The Bertz CT molecular complexity index is 647. The van der Waals surface area contributed by atoms with Crippen molar-refractivity contribution >= 4 is 11.9 Å². The maximum Gasteiger partial charge on any atom is 2.00 e. The van der Waals surface area contributed by atoms with Crippen LogP contribution in [0.3, 0.4) is 0 Å². The first kappa shape index (κ1) is 21.3. The number of carbonyl (C=O) groups excluding carboxylic acids is 2. The van der Waals surface area contributed by atoms with Crippen LogP contribution in [0.2, 0.25) is 0 Å². The minimum absolute atomic E-state index is 0. The van der Waals surface area contributed by atoms with E-state index in [-0.39, 0.29) is 38.8 Å². The van der Waals surface area contributed by atoms with Crippen molar-refractivity contribution in [2.75, 3.05) is 0 Å². The average Bonchev–Trinajstić information content (AvgIpc) is 2.45. The number of benzene rings is 2. The van der Waals surface area contributed by atoms with E-state index in [0.717, 1.165) is 22.3 Å². The standard InChI is InChI=1S/2C9H10O2.Hg/c2*1-6-3-4-8(9(10)11)5-7(6)2;/h2*3-5H,1-2H3,(H,10,11);/q;;+2/p-2. The van der Waals surface area contributed by atoms with E-state index in [9.17, 15) is 19.8 Å². The molecule has 0 aliphatic carbocycles. The molecule has 2 rings (SSSR count). The molecule has 116 valence electrons. The van der Waals surface area contributed by atoms with Gasteiger partial charge in [-0.05, 0) is 73.2 Å². The summed E-state index contributed by atoms with van der Waals surface area (Å²) in [4.78, 5) is 20.7. The number of aromatic carboxylic acids is 2. The second-order valence-corrected chi connectivity index (χ2v) is 5.17. The fraction of sp³-hybridized carbons (Fsp3) is 0.222. The first-order valence-electron chi connectivity index (χ1n) is 6.79. The smallest absolute Gasteiger partial charge is 0.545 e. The van der Waals surface area contributed by atoms with Crippen molar-refractivity contribution in [3.63, 3.8) is 0 Å². The predicted octanol–water partition coefficient (Wildman–Crippen LogP) is 1.33. The van der Waals surface area contributed by atoms with Crippen molar-refractivity contribution in [1.82, 2.24) is 0 Å². The third kappa shape index (κ3) is 6.53. The third-order valence-electron chi connectivity index (χ3n) is 3.49. The summed E-state index contributed by atoms with van der Waals surface area (Å²) >= 11 is 0. The molecule has 0 atom stereocenters. The predicted molar refractivity (Wildman–Crippen MR) is 80.5 cm³/mol. The van der Waals surface area contributed by atoms with Crippen LogP contribution < -0.4 is 10.2 Å². The van der Waals surface area contributed by atoms with Gasteiger partial charge in [0.05, 0.1) is 11.9 Å². The van der Waals surface area contributed by atoms with Crippen LogP contribution in [0.15, 0.2) is 36.4 Å². The fourth-order valence-corrected chi connectivity index (χ4v) is 1.74. The number of hydrogen-bond acceptors (Lipinski definition) is 4. The van der Waals surface area contributed by atoms with Crippen LogP contribution in [0.1, 0.15) is 43.0 Å². The van der Waals surface area contributed by atoms with Crippen molar-refractivity contribution < 1.29 is 47.5 Å². The van der Waals surface area contributed by atoms with Crippen LogP contribution in [0.25, 0.3) is 0 Å². The summed E-state index contributed by atoms with van der Waals surface area (Å²) in [6.07, 6.45) is 0. The Balaban J connectivity index is 0.000000403. The first-order valence-corrected chi connectivity index (χ1v) is 6.79. The molecule has 0 bridgehead atoms. The van der Waals surface area contributed by atoms with Gasteiger partial charge >= 0.3 is 27.7 Å². The topological polar surface area (TPSA) is 80.3 Å². The van der Waals surface area contributed by atoms with Gasteiger partial charge in [-0.15, -0.1) is 0 Å². The number of carbonyl (C=O) groups is 2. The number of aryl methyl sites for hydroxylation is 4. The molecule has 0 radical (unpaired) electrons. The summed E-state index contributed by atoms with van der Waals surface area (Å²) in [5.74, 6) is -2.23. The van der Waals surface area contributed by atoms with E-state index in [2.05, 4.69) is 0 Å². The van der Waals surface area contributed by atoms with Gasteiger partial charge in [0.1, 0.15) is 0 Å². The third-order valence-corrected chi connectivity index (χ3v) is 3.49. The molecule has 5 heteroatoms. The Kier molecular flexibility index (Phi) is 8.76. The molecule has 0 spiro atoms. The van der Waals surface area contributed by atoms with Crippen molar-refractivity contribution in [2.24, 2.45) is 0 Å². The van der Waals surface area contributed by atoms with E-state index in [4.69, 9.17) is 0 Å². The van der Waals surface area contributed by atoms with E-state index in [0.29, 0.717) is 0 Å². The summed E-state index contributed by atoms with van der Waals surface area (Å²) in [6.45, 7) is 7.63. The van der Waals surface area contributed by atoms with E-state index < -0.39 is 11.9 Å². The van der Waals surface area contributed by atoms with Crippen LogP contribution in [-0.4, -0.2) is 11.9 Å². The molecule has 0 aliphatic heterocycles. The molecule has 2 aromatic carbocycles. The zero-order chi connectivity index (χ0) is 16.9. The van der Waals surface area contributed by atoms with Crippen LogP contribution in [0.5, 0.6) is 0 Å². The molecular formula is C18H18HgO4. The van der Waals surface area contributed by atoms with Gasteiger partial charge in [-0.2, -0.15) is 0 Å². The number of hydrogen-bond donors (Lipinski definition) is 0. The summed E-state index contributed by atoms with van der Waals surface area (Å²) < 4.78 is 0. The molecule has 23 heavy (non-hydrogen) atoms. The minimum atomic E-state index is -1.12. The average molecular weight is 499 g/mol. The van der Waals surface area contributed by atoms with Crippen LogP contribution >= 0.6 is 0 Å². The van der Waals surface area contributed by atoms with E-state index in [1.54, 1.807) is 36.4 Å². The molecule has 0 saturated carbocycles. The Morgan fingerprint density at radius 2 is 0.957 bits per heavy atom. The maximum atomic E-state index is 10.4. The molecule has 0 fully saturated rings. The molecular weight excluding hydrogens is 481 g/mol. The first-order chi connectivity index (χ1) is 10.2. The van der Waals surface area contributed by atoms with Gasteiger partial charge in [0, 0.05) is 0 Å². The van der Waals surface area contributed by atoms with Crippen molar-refractivity contribution in [1.29, 1.82) is 0 Å². The molecule has 0 N–H and O–H groups in total. The normalized spacial score (nSPS) is 9.22. The SMILES string of the molecule is Cc1ccc(C(=O)[O-])cc1C.Cc1ccc(C(=O)[O-])cc1C.[Hg+2].